The fourth-order valence-corrected chi connectivity index (χ4v) is 4.32. The number of carbonyl (C=O) groups is 1. The highest BCUT2D eigenvalue weighted by atomic mass is 35.5. The molecule has 1 amide bonds. The zero-order chi connectivity index (χ0) is 24.9. The first-order valence-electron chi connectivity index (χ1n) is 11.9. The van der Waals surface area contributed by atoms with Crippen LogP contribution in [0.2, 0.25) is 0 Å². The predicted octanol–water partition coefficient (Wildman–Crippen LogP) is 3.46. The van der Waals surface area contributed by atoms with Crippen LogP contribution in [0, 0.1) is 0 Å². The number of rotatable bonds is 7. The molecule has 0 saturated carbocycles. The molecule has 1 atom stereocenters. The van der Waals surface area contributed by atoms with Gasteiger partial charge >= 0.3 is 0 Å². The average Bonchev–Trinajstić information content (AvgIpc) is 3.52. The summed E-state index contributed by atoms with van der Waals surface area (Å²) >= 11 is 0. The van der Waals surface area contributed by atoms with E-state index in [2.05, 4.69) is 55.1 Å². The van der Waals surface area contributed by atoms with Crippen LogP contribution in [0.25, 0.3) is 16.9 Å². The molecule has 1 aliphatic rings. The molecule has 5 rings (SSSR count). The number of nitrogens with zero attached hydrogens (tertiary/aromatic N) is 7. The number of nitrogens with one attached hydrogen (secondary N) is 1. The molecular weight excluding hydrogens is 494 g/mol. The highest BCUT2D eigenvalue weighted by molar-refractivity contribution is 5.94. The zero-order valence-electron chi connectivity index (χ0n) is 20.3. The molecule has 1 saturated heterocycles. The van der Waals surface area contributed by atoms with Crippen LogP contribution in [-0.2, 0) is 6.54 Å². The van der Waals surface area contributed by atoms with E-state index in [4.69, 9.17) is 10.4 Å². The summed E-state index contributed by atoms with van der Waals surface area (Å²) < 4.78 is 6.15. The molecule has 3 heterocycles. The van der Waals surface area contributed by atoms with Gasteiger partial charge in [-0.3, -0.25) is 9.69 Å². The van der Waals surface area contributed by atoms with Gasteiger partial charge in [0.2, 0.25) is 11.6 Å². The Hall–Kier alpha value is -4.09. The lowest BCUT2D eigenvalue weighted by Crippen LogP contribution is -2.38. The Labute approximate surface area is 220 Å². The van der Waals surface area contributed by atoms with Crippen molar-refractivity contribution in [2.24, 2.45) is 5.10 Å². The van der Waals surface area contributed by atoms with Crippen LogP contribution in [0.15, 0.2) is 64.3 Å². The lowest BCUT2D eigenvalue weighted by atomic mass is 10.0. The third-order valence-electron chi connectivity index (χ3n) is 6.37. The fourth-order valence-electron chi connectivity index (χ4n) is 4.32. The maximum atomic E-state index is 13.0. The number of likely N-dealkylation sites (tertiary alicyclic amines) is 1. The van der Waals surface area contributed by atoms with E-state index in [1.807, 2.05) is 42.5 Å². The van der Waals surface area contributed by atoms with Gasteiger partial charge in [0.1, 0.15) is 0 Å². The SMILES string of the molecule is CC1CCCCN1Cc1c(C(=O)N/N=C\c2ccc(-c3ccccc3)cc2)nnn1-c1nonc1N.Cl. The van der Waals surface area contributed by atoms with E-state index in [1.165, 1.54) is 11.1 Å². The second kappa shape index (κ2) is 11.8. The van der Waals surface area contributed by atoms with Gasteiger partial charge in [0, 0.05) is 12.6 Å². The van der Waals surface area contributed by atoms with Crippen LogP contribution in [0.1, 0.15) is 47.9 Å². The lowest BCUT2D eigenvalue weighted by Gasteiger charge is -2.33. The number of aromatic nitrogens is 5. The molecule has 2 aromatic heterocycles. The van der Waals surface area contributed by atoms with E-state index in [0.29, 0.717) is 18.3 Å². The number of nitrogen functional groups attached to an aromatic ring is 1. The Morgan fingerprint density at radius 1 is 1.14 bits per heavy atom. The molecule has 12 heteroatoms. The predicted molar refractivity (Wildman–Crippen MR) is 142 cm³/mol. The van der Waals surface area contributed by atoms with Crippen LogP contribution < -0.4 is 11.2 Å². The number of nitrogens with two attached hydrogens (primary N) is 1. The number of hydrazone groups is 1. The number of amides is 1. The maximum absolute atomic E-state index is 13.0. The molecule has 0 radical (unpaired) electrons. The number of anilines is 1. The molecule has 192 valence electrons. The molecule has 1 aliphatic heterocycles. The Balaban J connectivity index is 0.00000320. The largest absolute Gasteiger partial charge is 0.378 e. The standard InChI is InChI=1S/C25H27N9O2.ClH/c1-17-7-5-6-14-33(17)16-21-22(28-32-34(21)24-23(26)30-36-31-24)25(35)29-27-15-18-10-12-20(13-11-18)19-8-3-2-4-9-19;/h2-4,8-13,15,17H,5-7,14,16H2,1H3,(H2,26,30)(H,29,35);1H/b27-15-;. The Bertz CT molecular complexity index is 1350. The summed E-state index contributed by atoms with van der Waals surface area (Å²) in [5.41, 5.74) is 12.2. The first-order valence-corrected chi connectivity index (χ1v) is 11.9. The van der Waals surface area contributed by atoms with Crippen molar-refractivity contribution in [3.8, 4) is 16.9 Å². The molecule has 11 nitrogen and oxygen atoms in total. The molecular formula is C25H28ClN9O2. The number of carbonyl (C=O) groups excluding carboxylic acids is 1. The monoisotopic (exact) mass is 521 g/mol. The van der Waals surface area contributed by atoms with Crippen molar-refractivity contribution < 1.29 is 9.42 Å². The third kappa shape index (κ3) is 5.84. The fraction of sp³-hybridized carbons (Fsp3) is 0.280. The van der Waals surface area contributed by atoms with Gasteiger partial charge in [-0.25, -0.2) is 10.1 Å². The summed E-state index contributed by atoms with van der Waals surface area (Å²) in [6.07, 6.45) is 4.95. The summed E-state index contributed by atoms with van der Waals surface area (Å²) in [7, 11) is 0. The van der Waals surface area contributed by atoms with E-state index < -0.39 is 5.91 Å². The van der Waals surface area contributed by atoms with Crippen LogP contribution in [0.5, 0.6) is 0 Å². The van der Waals surface area contributed by atoms with Crippen molar-refractivity contribution in [3.63, 3.8) is 0 Å². The minimum Gasteiger partial charge on any atom is -0.378 e. The van der Waals surface area contributed by atoms with Crippen LogP contribution in [0.3, 0.4) is 0 Å². The number of hydrogen-bond acceptors (Lipinski definition) is 9. The van der Waals surface area contributed by atoms with Crippen molar-refractivity contribution in [2.45, 2.75) is 38.8 Å². The van der Waals surface area contributed by atoms with Crippen molar-refractivity contribution in [2.75, 3.05) is 12.3 Å². The second-order valence-corrected chi connectivity index (χ2v) is 8.77. The average molecular weight is 522 g/mol. The number of hydrogen-bond donors (Lipinski definition) is 2. The summed E-state index contributed by atoms with van der Waals surface area (Å²) in [5.74, 6) is -0.215. The maximum Gasteiger partial charge on any atom is 0.293 e. The van der Waals surface area contributed by atoms with Gasteiger partial charge in [-0.2, -0.15) is 9.78 Å². The molecule has 2 aromatic carbocycles. The van der Waals surface area contributed by atoms with Gasteiger partial charge in [-0.05, 0) is 53.3 Å². The first kappa shape index (κ1) is 26.0. The summed E-state index contributed by atoms with van der Waals surface area (Å²) in [6, 6.07) is 18.4. The lowest BCUT2D eigenvalue weighted by molar-refractivity contribution is 0.0945. The highest BCUT2D eigenvalue weighted by Gasteiger charge is 2.28. The molecule has 3 N–H and O–H groups in total. The van der Waals surface area contributed by atoms with E-state index in [9.17, 15) is 4.79 Å². The van der Waals surface area contributed by atoms with Crippen molar-refractivity contribution in [1.82, 2.24) is 35.6 Å². The summed E-state index contributed by atoms with van der Waals surface area (Å²) in [6.45, 7) is 3.54. The van der Waals surface area contributed by atoms with Gasteiger partial charge < -0.3 is 5.73 Å². The van der Waals surface area contributed by atoms with Crippen molar-refractivity contribution in [3.05, 3.63) is 71.5 Å². The van der Waals surface area contributed by atoms with Gasteiger partial charge in [-0.15, -0.1) is 17.5 Å². The minimum atomic E-state index is -0.479. The van der Waals surface area contributed by atoms with E-state index in [0.717, 1.165) is 36.1 Å². The smallest absolute Gasteiger partial charge is 0.293 e. The molecule has 0 bridgehead atoms. The van der Waals surface area contributed by atoms with E-state index in [-0.39, 0.29) is 29.7 Å². The number of benzene rings is 2. The molecule has 1 fully saturated rings. The molecule has 4 aromatic rings. The minimum absolute atomic E-state index is 0. The normalized spacial score (nSPS) is 16.0. The quantitative estimate of drug-likeness (QED) is 0.278. The van der Waals surface area contributed by atoms with Gasteiger partial charge in [-0.1, -0.05) is 66.2 Å². The highest BCUT2D eigenvalue weighted by Crippen LogP contribution is 2.23. The number of piperidine rings is 1. The second-order valence-electron chi connectivity index (χ2n) is 8.77. The van der Waals surface area contributed by atoms with E-state index >= 15 is 0 Å². The van der Waals surface area contributed by atoms with Gasteiger partial charge in [0.25, 0.3) is 5.91 Å². The Kier molecular flexibility index (Phi) is 8.26. The van der Waals surface area contributed by atoms with Gasteiger partial charge in [0.05, 0.1) is 11.9 Å². The Morgan fingerprint density at radius 2 is 1.89 bits per heavy atom. The molecule has 0 spiro atoms. The van der Waals surface area contributed by atoms with Crippen LogP contribution in [0.4, 0.5) is 5.82 Å². The summed E-state index contributed by atoms with van der Waals surface area (Å²) in [5, 5.41) is 19.8. The van der Waals surface area contributed by atoms with Crippen LogP contribution in [-0.4, -0.2) is 54.9 Å². The number of halogens is 1. The molecule has 37 heavy (non-hydrogen) atoms. The third-order valence-corrected chi connectivity index (χ3v) is 6.37. The van der Waals surface area contributed by atoms with Crippen LogP contribution >= 0.6 is 12.4 Å². The van der Waals surface area contributed by atoms with Gasteiger partial charge in [0.15, 0.2) is 5.69 Å². The van der Waals surface area contributed by atoms with Crippen molar-refractivity contribution >= 4 is 30.3 Å². The zero-order valence-corrected chi connectivity index (χ0v) is 21.1. The van der Waals surface area contributed by atoms with Crippen molar-refractivity contribution in [1.29, 1.82) is 0 Å². The van der Waals surface area contributed by atoms with E-state index in [1.54, 1.807) is 6.21 Å². The summed E-state index contributed by atoms with van der Waals surface area (Å²) in [4.78, 5) is 15.3. The molecule has 1 unspecified atom stereocenters. The first-order chi connectivity index (χ1) is 17.6. The Morgan fingerprint density at radius 3 is 2.59 bits per heavy atom. The topological polar surface area (TPSA) is 140 Å². The molecule has 0 aliphatic carbocycles.